The number of hydrogen-bond acceptors (Lipinski definition) is 5. The Morgan fingerprint density at radius 1 is 1.55 bits per heavy atom. The number of amides is 1. The van der Waals surface area contributed by atoms with E-state index in [9.17, 15) is 4.79 Å². The Morgan fingerprint density at radius 2 is 2.36 bits per heavy atom. The monoisotopic (exact) mass is 363 g/mol. The number of carbonyl (C=O) groups excluding carboxylic acids is 1. The highest BCUT2D eigenvalue weighted by Crippen LogP contribution is 2.23. The van der Waals surface area contributed by atoms with Gasteiger partial charge in [-0.25, -0.2) is 4.98 Å². The van der Waals surface area contributed by atoms with Crippen LogP contribution >= 0.6 is 36.2 Å². The van der Waals surface area contributed by atoms with E-state index in [1.807, 2.05) is 29.5 Å². The first-order valence-electron chi connectivity index (χ1n) is 6.68. The highest BCUT2D eigenvalue weighted by Gasteiger charge is 2.23. The van der Waals surface area contributed by atoms with E-state index in [-0.39, 0.29) is 30.7 Å². The van der Waals surface area contributed by atoms with Gasteiger partial charge in [-0.2, -0.15) is 0 Å². The molecule has 3 heterocycles. The zero-order valence-corrected chi connectivity index (χ0v) is 14.6. The first-order valence-corrected chi connectivity index (χ1v) is 7.56. The average Bonchev–Trinajstić information content (AvgIpc) is 3.19. The molecule has 0 bridgehead atoms. The van der Waals surface area contributed by atoms with Crippen LogP contribution < -0.4 is 5.32 Å². The molecule has 1 saturated heterocycles. The van der Waals surface area contributed by atoms with Gasteiger partial charge >= 0.3 is 0 Å². The third-order valence-electron chi connectivity index (χ3n) is 3.59. The van der Waals surface area contributed by atoms with Gasteiger partial charge in [-0.1, -0.05) is 6.07 Å². The van der Waals surface area contributed by atoms with E-state index >= 15 is 0 Å². The van der Waals surface area contributed by atoms with E-state index in [1.165, 1.54) is 0 Å². The lowest BCUT2D eigenvalue weighted by Gasteiger charge is -2.23. The fourth-order valence-electron chi connectivity index (χ4n) is 2.35. The third kappa shape index (κ3) is 4.23. The number of oxazole rings is 1. The van der Waals surface area contributed by atoms with Crippen molar-refractivity contribution in [2.24, 2.45) is 0 Å². The van der Waals surface area contributed by atoms with Crippen LogP contribution in [0.3, 0.4) is 0 Å². The molecule has 1 aliphatic heterocycles. The lowest BCUT2D eigenvalue weighted by molar-refractivity contribution is -0.130. The Balaban J connectivity index is 0.00000121. The summed E-state index contributed by atoms with van der Waals surface area (Å²) in [6, 6.07) is 4.21. The van der Waals surface area contributed by atoms with Gasteiger partial charge < -0.3 is 14.6 Å². The van der Waals surface area contributed by atoms with Crippen LogP contribution in [0.4, 0.5) is 0 Å². The Labute approximate surface area is 145 Å². The molecule has 3 rings (SSSR count). The number of nitrogens with one attached hydrogen (secondary N) is 1. The minimum absolute atomic E-state index is 0. The molecular formula is C14H19Cl2N3O2S. The maximum Gasteiger partial charge on any atom is 0.236 e. The van der Waals surface area contributed by atoms with Crippen molar-refractivity contribution in [2.45, 2.75) is 18.9 Å². The molecule has 0 aliphatic carbocycles. The zero-order valence-electron chi connectivity index (χ0n) is 12.2. The smallest absolute Gasteiger partial charge is 0.236 e. The second kappa shape index (κ2) is 8.53. The molecule has 2 aromatic rings. The van der Waals surface area contributed by atoms with Gasteiger partial charge in [0.15, 0.2) is 0 Å². The number of rotatable bonds is 4. The van der Waals surface area contributed by atoms with Gasteiger partial charge in [0.05, 0.1) is 17.0 Å². The number of likely N-dealkylation sites (N-methyl/N-ethyl adjacent to an activating group) is 1. The Kier molecular flexibility index (Phi) is 7.35. The van der Waals surface area contributed by atoms with E-state index < -0.39 is 0 Å². The summed E-state index contributed by atoms with van der Waals surface area (Å²) in [6.45, 7) is 1.86. The lowest BCUT2D eigenvalue weighted by atomic mass is 10.2. The van der Waals surface area contributed by atoms with Crippen molar-refractivity contribution in [3.63, 3.8) is 0 Å². The summed E-state index contributed by atoms with van der Waals surface area (Å²) in [5, 5.41) is 5.25. The molecule has 1 aliphatic rings. The standard InChI is InChI=1S/C14H17N3O2S.2ClH/c1-17(11-4-5-15-8-11)13(18)7-10-9-19-14(16-10)12-3-2-6-20-12;;/h2-3,6,9,11,15H,4-5,7-8H2,1H3;2*1H. The highest BCUT2D eigenvalue weighted by atomic mass is 35.5. The topological polar surface area (TPSA) is 58.4 Å². The Hall–Kier alpha value is -1.08. The molecule has 1 fully saturated rings. The third-order valence-corrected chi connectivity index (χ3v) is 4.45. The minimum Gasteiger partial charge on any atom is -0.444 e. The zero-order chi connectivity index (χ0) is 13.9. The van der Waals surface area contributed by atoms with E-state index in [0.29, 0.717) is 24.0 Å². The first-order chi connectivity index (χ1) is 9.74. The number of aromatic nitrogens is 1. The Morgan fingerprint density at radius 3 is 3.00 bits per heavy atom. The second-order valence-electron chi connectivity index (χ2n) is 4.95. The predicted molar refractivity (Wildman–Crippen MR) is 92.1 cm³/mol. The largest absolute Gasteiger partial charge is 0.444 e. The summed E-state index contributed by atoms with van der Waals surface area (Å²) in [7, 11) is 1.86. The molecule has 1 amide bonds. The molecule has 122 valence electrons. The molecule has 5 nitrogen and oxygen atoms in total. The molecule has 1 N–H and O–H groups in total. The van der Waals surface area contributed by atoms with Crippen molar-refractivity contribution in [3.8, 4) is 10.8 Å². The summed E-state index contributed by atoms with van der Waals surface area (Å²) < 4.78 is 5.43. The molecule has 8 heteroatoms. The lowest BCUT2D eigenvalue weighted by Crippen LogP contribution is -2.39. The molecule has 0 saturated carbocycles. The van der Waals surface area contributed by atoms with Crippen molar-refractivity contribution in [1.29, 1.82) is 0 Å². The normalized spacial score (nSPS) is 16.7. The minimum atomic E-state index is 0. The predicted octanol–water partition coefficient (Wildman–Crippen LogP) is 2.61. The van der Waals surface area contributed by atoms with Crippen molar-refractivity contribution >= 4 is 42.1 Å². The van der Waals surface area contributed by atoms with Crippen molar-refractivity contribution in [1.82, 2.24) is 15.2 Å². The maximum atomic E-state index is 12.2. The molecule has 0 spiro atoms. The quantitative estimate of drug-likeness (QED) is 0.906. The van der Waals surface area contributed by atoms with Crippen LogP contribution in [-0.4, -0.2) is 42.0 Å². The van der Waals surface area contributed by atoms with Gasteiger partial charge in [-0.05, 0) is 24.4 Å². The number of nitrogens with zero attached hydrogens (tertiary/aromatic N) is 2. The van der Waals surface area contributed by atoms with Crippen LogP contribution in [0.1, 0.15) is 12.1 Å². The average molecular weight is 364 g/mol. The van der Waals surface area contributed by atoms with Gasteiger partial charge in [-0.15, -0.1) is 36.2 Å². The van der Waals surface area contributed by atoms with E-state index in [4.69, 9.17) is 4.42 Å². The summed E-state index contributed by atoms with van der Waals surface area (Å²) in [5.41, 5.74) is 0.691. The molecule has 22 heavy (non-hydrogen) atoms. The molecule has 0 radical (unpaired) electrons. The van der Waals surface area contributed by atoms with Gasteiger partial charge in [0, 0.05) is 19.6 Å². The van der Waals surface area contributed by atoms with E-state index in [1.54, 1.807) is 17.6 Å². The van der Waals surface area contributed by atoms with Gasteiger partial charge in [0.25, 0.3) is 0 Å². The van der Waals surface area contributed by atoms with Crippen LogP contribution in [-0.2, 0) is 11.2 Å². The van der Waals surface area contributed by atoms with Gasteiger partial charge in [0.2, 0.25) is 11.8 Å². The Bertz CT molecular complexity index is 583. The number of carbonyl (C=O) groups is 1. The number of halogens is 2. The molecular weight excluding hydrogens is 345 g/mol. The number of thiophene rings is 1. The molecule has 1 atom stereocenters. The first kappa shape index (κ1) is 19.0. The van der Waals surface area contributed by atoms with Crippen LogP contribution in [0.15, 0.2) is 28.2 Å². The van der Waals surface area contributed by atoms with Crippen LogP contribution in [0.5, 0.6) is 0 Å². The number of hydrogen-bond donors (Lipinski definition) is 1. The van der Waals surface area contributed by atoms with E-state index in [2.05, 4.69) is 10.3 Å². The van der Waals surface area contributed by atoms with Crippen LogP contribution in [0.25, 0.3) is 10.8 Å². The summed E-state index contributed by atoms with van der Waals surface area (Å²) >= 11 is 1.58. The van der Waals surface area contributed by atoms with Crippen LogP contribution in [0.2, 0.25) is 0 Å². The summed E-state index contributed by atoms with van der Waals surface area (Å²) in [6.07, 6.45) is 2.89. The molecule has 0 aromatic carbocycles. The van der Waals surface area contributed by atoms with Crippen LogP contribution in [0, 0.1) is 0 Å². The second-order valence-corrected chi connectivity index (χ2v) is 5.90. The maximum absolute atomic E-state index is 12.2. The molecule has 2 aromatic heterocycles. The fourth-order valence-corrected chi connectivity index (χ4v) is 3.01. The van der Waals surface area contributed by atoms with Crippen molar-refractivity contribution < 1.29 is 9.21 Å². The SMILES string of the molecule is CN(C(=O)Cc1coc(-c2cccs2)n1)C1CCNC1.Cl.Cl. The van der Waals surface area contributed by atoms with Gasteiger partial charge in [-0.3, -0.25) is 4.79 Å². The highest BCUT2D eigenvalue weighted by molar-refractivity contribution is 7.13. The summed E-state index contributed by atoms with van der Waals surface area (Å²) in [4.78, 5) is 19.4. The molecule has 1 unspecified atom stereocenters. The van der Waals surface area contributed by atoms with Crippen molar-refractivity contribution in [2.75, 3.05) is 20.1 Å². The summed E-state index contributed by atoms with van der Waals surface area (Å²) in [5.74, 6) is 0.678. The van der Waals surface area contributed by atoms with Crippen molar-refractivity contribution in [3.05, 3.63) is 29.5 Å². The fraction of sp³-hybridized carbons (Fsp3) is 0.429. The van der Waals surface area contributed by atoms with E-state index in [0.717, 1.165) is 24.4 Å². The van der Waals surface area contributed by atoms with Gasteiger partial charge in [0.1, 0.15) is 6.26 Å².